The number of hydrogen-bond acceptors (Lipinski definition) is 10. The zero-order chi connectivity index (χ0) is 25.1. The average molecular weight is 512 g/mol. The Morgan fingerprint density at radius 2 is 1.94 bits per heavy atom. The lowest BCUT2D eigenvalue weighted by Gasteiger charge is -2.34. The Bertz CT molecular complexity index is 1230. The zero-order valence-electron chi connectivity index (χ0n) is 20.5. The van der Waals surface area contributed by atoms with Gasteiger partial charge in [0.05, 0.1) is 18.0 Å². The second kappa shape index (κ2) is 10.9. The van der Waals surface area contributed by atoms with Crippen LogP contribution >= 0.6 is 11.3 Å². The van der Waals surface area contributed by atoms with Crippen LogP contribution in [-0.2, 0) is 24.2 Å². The number of esters is 1. The van der Waals surface area contributed by atoms with Gasteiger partial charge in [0.25, 0.3) is 0 Å². The summed E-state index contributed by atoms with van der Waals surface area (Å²) in [5, 5.41) is 7.19. The minimum absolute atomic E-state index is 0.226. The SMILES string of the molecule is CCOC(=O)c1sc(Nc2nc3c(c(N4CCNCC4)n2)CCN(Cc2ccc(F)cc2)C3)nc1C. The molecule has 0 saturated carbocycles. The number of thiazole rings is 1. The third kappa shape index (κ3) is 5.48. The van der Waals surface area contributed by atoms with Crippen LogP contribution in [0.3, 0.4) is 0 Å². The predicted octanol–water partition coefficient (Wildman–Crippen LogP) is 3.27. The number of benzene rings is 1. The van der Waals surface area contributed by atoms with E-state index in [2.05, 4.69) is 25.4 Å². The molecule has 1 aromatic carbocycles. The Labute approximate surface area is 213 Å². The minimum atomic E-state index is -0.371. The van der Waals surface area contributed by atoms with Crippen molar-refractivity contribution >= 4 is 34.2 Å². The maximum atomic E-state index is 13.3. The largest absolute Gasteiger partial charge is 0.462 e. The topological polar surface area (TPSA) is 95.5 Å². The molecule has 0 unspecified atom stereocenters. The number of anilines is 3. The summed E-state index contributed by atoms with van der Waals surface area (Å²) >= 11 is 1.24. The van der Waals surface area contributed by atoms with Crippen LogP contribution in [0.25, 0.3) is 0 Å². The normalized spacial score (nSPS) is 16.0. The van der Waals surface area contributed by atoms with Crippen molar-refractivity contribution in [3.8, 4) is 0 Å². The molecule has 0 radical (unpaired) electrons. The second-order valence-electron chi connectivity index (χ2n) is 8.90. The van der Waals surface area contributed by atoms with Gasteiger partial charge in [0.2, 0.25) is 5.95 Å². The number of nitrogens with one attached hydrogen (secondary N) is 2. The van der Waals surface area contributed by atoms with E-state index in [4.69, 9.17) is 14.7 Å². The van der Waals surface area contributed by atoms with E-state index in [1.807, 2.05) is 12.1 Å². The third-order valence-electron chi connectivity index (χ3n) is 6.33. The number of hydrogen-bond donors (Lipinski definition) is 2. The maximum absolute atomic E-state index is 13.3. The minimum Gasteiger partial charge on any atom is -0.462 e. The molecule has 2 aliphatic heterocycles. The number of halogens is 1. The number of fused-ring (bicyclic) bond motifs is 1. The molecule has 0 amide bonds. The van der Waals surface area contributed by atoms with Gasteiger partial charge in [-0.25, -0.2) is 19.2 Å². The molecule has 36 heavy (non-hydrogen) atoms. The van der Waals surface area contributed by atoms with Crippen LogP contribution in [0.5, 0.6) is 0 Å². The summed E-state index contributed by atoms with van der Waals surface area (Å²) in [5.41, 5.74) is 3.85. The number of carbonyl (C=O) groups is 1. The number of nitrogens with zero attached hydrogens (tertiary/aromatic N) is 5. The number of aryl methyl sites for hydroxylation is 1. The van der Waals surface area contributed by atoms with Crippen LogP contribution in [0.15, 0.2) is 24.3 Å². The first-order valence-corrected chi connectivity index (χ1v) is 13.1. The van der Waals surface area contributed by atoms with Crippen LogP contribution < -0.4 is 15.5 Å². The van der Waals surface area contributed by atoms with Crippen molar-refractivity contribution < 1.29 is 13.9 Å². The van der Waals surface area contributed by atoms with E-state index in [9.17, 15) is 9.18 Å². The van der Waals surface area contributed by atoms with Gasteiger partial charge in [0.15, 0.2) is 5.13 Å². The van der Waals surface area contributed by atoms with Gasteiger partial charge in [0.1, 0.15) is 16.5 Å². The monoisotopic (exact) mass is 511 g/mol. The summed E-state index contributed by atoms with van der Waals surface area (Å²) in [6.45, 7) is 9.75. The highest BCUT2D eigenvalue weighted by atomic mass is 32.1. The van der Waals surface area contributed by atoms with Gasteiger partial charge in [-0.1, -0.05) is 23.5 Å². The summed E-state index contributed by atoms with van der Waals surface area (Å²) in [6, 6.07) is 6.66. The summed E-state index contributed by atoms with van der Waals surface area (Å²) < 4.78 is 18.5. The van der Waals surface area contributed by atoms with E-state index >= 15 is 0 Å². The summed E-state index contributed by atoms with van der Waals surface area (Å²) in [5.74, 6) is 0.833. The molecular formula is C25H30FN7O2S. The van der Waals surface area contributed by atoms with Crippen LogP contribution in [0.2, 0.25) is 0 Å². The summed E-state index contributed by atoms with van der Waals surface area (Å²) in [4.78, 5) is 31.6. The molecule has 0 spiro atoms. The quantitative estimate of drug-likeness (QED) is 0.464. The highest BCUT2D eigenvalue weighted by Crippen LogP contribution is 2.31. The van der Waals surface area contributed by atoms with E-state index in [0.717, 1.165) is 62.8 Å². The number of rotatable bonds is 7. The van der Waals surface area contributed by atoms with Gasteiger partial charge in [-0.2, -0.15) is 4.98 Å². The molecule has 1 fully saturated rings. The van der Waals surface area contributed by atoms with Crippen molar-refractivity contribution in [3.63, 3.8) is 0 Å². The molecule has 0 atom stereocenters. The van der Waals surface area contributed by atoms with Crippen molar-refractivity contribution in [2.75, 3.05) is 49.5 Å². The van der Waals surface area contributed by atoms with Crippen LogP contribution in [0.1, 0.15) is 39.1 Å². The molecule has 2 aromatic heterocycles. The molecule has 5 rings (SSSR count). The van der Waals surface area contributed by atoms with Crippen molar-refractivity contribution in [1.82, 2.24) is 25.2 Å². The Kier molecular flexibility index (Phi) is 7.40. The molecule has 11 heteroatoms. The molecule has 2 N–H and O–H groups in total. The Morgan fingerprint density at radius 1 is 1.17 bits per heavy atom. The first kappa shape index (κ1) is 24.5. The fourth-order valence-corrected chi connectivity index (χ4v) is 5.43. The van der Waals surface area contributed by atoms with Crippen LogP contribution in [0.4, 0.5) is 21.3 Å². The lowest BCUT2D eigenvalue weighted by atomic mass is 10.0. The van der Waals surface area contributed by atoms with E-state index in [1.54, 1.807) is 13.8 Å². The molecule has 1 saturated heterocycles. The first-order valence-electron chi connectivity index (χ1n) is 12.2. The fourth-order valence-electron chi connectivity index (χ4n) is 4.57. The molecule has 9 nitrogen and oxygen atoms in total. The lowest BCUT2D eigenvalue weighted by molar-refractivity contribution is 0.0531. The second-order valence-corrected chi connectivity index (χ2v) is 9.90. The van der Waals surface area contributed by atoms with Crippen LogP contribution in [0, 0.1) is 12.7 Å². The van der Waals surface area contributed by atoms with Crippen LogP contribution in [-0.4, -0.2) is 65.2 Å². The smallest absolute Gasteiger partial charge is 0.350 e. The van der Waals surface area contributed by atoms with Gasteiger partial charge in [-0.15, -0.1) is 0 Å². The zero-order valence-corrected chi connectivity index (χ0v) is 21.3. The van der Waals surface area contributed by atoms with Gasteiger partial charge < -0.3 is 15.0 Å². The first-order chi connectivity index (χ1) is 17.5. The standard InChI is InChI=1S/C25H30FN7O2S/c1-3-35-23(34)21-16(2)28-25(36-21)31-24-29-20-15-32(14-17-4-6-18(26)7-5-17)11-8-19(20)22(30-24)33-12-9-27-10-13-33/h4-7,27H,3,8-15H2,1-2H3,(H,28,29,30,31). The van der Waals surface area contributed by atoms with Gasteiger partial charge in [0, 0.05) is 51.4 Å². The Hall–Kier alpha value is -3.15. The number of aromatic nitrogens is 3. The van der Waals surface area contributed by atoms with E-state index in [0.29, 0.717) is 34.8 Å². The molecule has 0 aliphatic carbocycles. The van der Waals surface area contributed by atoms with Crippen molar-refractivity contribution in [2.24, 2.45) is 0 Å². The van der Waals surface area contributed by atoms with Gasteiger partial charge >= 0.3 is 5.97 Å². The van der Waals surface area contributed by atoms with E-state index in [-0.39, 0.29) is 11.8 Å². The lowest BCUT2D eigenvalue weighted by Crippen LogP contribution is -2.45. The highest BCUT2D eigenvalue weighted by Gasteiger charge is 2.26. The van der Waals surface area contributed by atoms with Gasteiger partial charge in [-0.05, 0) is 38.0 Å². The molecule has 4 heterocycles. The summed E-state index contributed by atoms with van der Waals surface area (Å²) in [6.07, 6.45) is 0.847. The van der Waals surface area contributed by atoms with E-state index in [1.165, 1.54) is 29.0 Å². The molecule has 3 aromatic rings. The number of piperazine rings is 1. The Balaban J connectivity index is 1.42. The molecular weight excluding hydrogens is 481 g/mol. The Morgan fingerprint density at radius 3 is 2.69 bits per heavy atom. The number of carbonyl (C=O) groups excluding carboxylic acids is 1. The number of ether oxygens (including phenoxy) is 1. The van der Waals surface area contributed by atoms with Crippen molar-refractivity contribution in [3.05, 3.63) is 57.5 Å². The fraction of sp³-hybridized carbons (Fsp3) is 0.440. The molecule has 0 bridgehead atoms. The summed E-state index contributed by atoms with van der Waals surface area (Å²) in [7, 11) is 0. The maximum Gasteiger partial charge on any atom is 0.350 e. The van der Waals surface area contributed by atoms with Crippen molar-refractivity contribution in [2.45, 2.75) is 33.4 Å². The van der Waals surface area contributed by atoms with Gasteiger partial charge in [-0.3, -0.25) is 10.2 Å². The predicted molar refractivity (Wildman–Crippen MR) is 137 cm³/mol. The molecule has 190 valence electrons. The van der Waals surface area contributed by atoms with Crippen molar-refractivity contribution in [1.29, 1.82) is 0 Å². The highest BCUT2D eigenvalue weighted by molar-refractivity contribution is 7.17. The average Bonchev–Trinajstić information content (AvgIpc) is 3.25. The third-order valence-corrected chi connectivity index (χ3v) is 7.39. The molecule has 2 aliphatic rings. The van der Waals surface area contributed by atoms with E-state index < -0.39 is 0 Å².